The number of rotatable bonds is 3. The van der Waals surface area contributed by atoms with Crippen LogP contribution < -0.4 is 11.1 Å². The molecule has 0 fully saturated rings. The zero-order valence-electron chi connectivity index (χ0n) is 9.93. The molecule has 1 aromatic heterocycles. The number of nitrogens with zero attached hydrogens (tertiary/aromatic N) is 1. The van der Waals surface area contributed by atoms with Crippen LogP contribution in [0.2, 0.25) is 5.02 Å². The van der Waals surface area contributed by atoms with Gasteiger partial charge in [0.05, 0.1) is 14.4 Å². The molecule has 0 atom stereocenters. The van der Waals surface area contributed by atoms with Crippen LogP contribution in [0.15, 0.2) is 39.3 Å². The maximum Gasteiger partial charge on any atom is 0.265 e. The predicted molar refractivity (Wildman–Crippen MR) is 83.9 cm³/mol. The molecule has 0 radical (unpaired) electrons. The van der Waals surface area contributed by atoms with E-state index in [1.54, 1.807) is 24.3 Å². The fraction of sp³-hybridized carbons (Fsp3) is 0. The Morgan fingerprint density at radius 3 is 2.75 bits per heavy atom. The first-order valence-electron chi connectivity index (χ1n) is 5.35. The molecule has 0 saturated carbocycles. The molecule has 104 valence electrons. The molecule has 4 N–H and O–H groups in total. The lowest BCUT2D eigenvalue weighted by atomic mass is 10.1. The smallest absolute Gasteiger partial charge is 0.265 e. The number of amidine groups is 1. The van der Waals surface area contributed by atoms with Gasteiger partial charge in [0.1, 0.15) is 0 Å². The standard InChI is InChI=1S/C12H9BrClN3O2S/c13-10-4-3-9(20-10)12(18)16-8-5-6(14)1-2-7(8)11(15)17-19/h1-5,19H,(H2,15,17)(H,16,18). The Balaban J connectivity index is 2.33. The lowest BCUT2D eigenvalue weighted by Crippen LogP contribution is -2.18. The monoisotopic (exact) mass is 373 g/mol. The largest absolute Gasteiger partial charge is 0.409 e. The summed E-state index contributed by atoms with van der Waals surface area (Å²) in [7, 11) is 0. The van der Waals surface area contributed by atoms with Crippen LogP contribution in [0.4, 0.5) is 5.69 Å². The molecule has 0 aliphatic rings. The average molecular weight is 375 g/mol. The van der Waals surface area contributed by atoms with E-state index in [4.69, 9.17) is 22.5 Å². The summed E-state index contributed by atoms with van der Waals surface area (Å²) in [6.45, 7) is 0. The van der Waals surface area contributed by atoms with Crippen LogP contribution in [0.3, 0.4) is 0 Å². The zero-order valence-corrected chi connectivity index (χ0v) is 13.1. The van der Waals surface area contributed by atoms with Crippen molar-refractivity contribution in [2.75, 3.05) is 5.32 Å². The third-order valence-corrected chi connectivity index (χ3v) is 4.27. The van der Waals surface area contributed by atoms with Crippen molar-refractivity contribution in [3.8, 4) is 0 Å². The number of amides is 1. The van der Waals surface area contributed by atoms with Crippen LogP contribution in [0.25, 0.3) is 0 Å². The second-order valence-corrected chi connectivity index (χ2v) is 6.63. The van der Waals surface area contributed by atoms with Crippen molar-refractivity contribution in [3.05, 3.63) is 49.6 Å². The first-order valence-corrected chi connectivity index (χ1v) is 7.34. The number of anilines is 1. The topological polar surface area (TPSA) is 87.7 Å². The lowest BCUT2D eigenvalue weighted by Gasteiger charge is -2.09. The van der Waals surface area contributed by atoms with Gasteiger partial charge in [0.15, 0.2) is 5.84 Å². The fourth-order valence-electron chi connectivity index (χ4n) is 1.52. The quantitative estimate of drug-likeness (QED) is 0.332. The van der Waals surface area contributed by atoms with E-state index in [0.29, 0.717) is 21.2 Å². The number of nitrogens with one attached hydrogen (secondary N) is 1. The van der Waals surface area contributed by atoms with Crippen molar-refractivity contribution in [2.45, 2.75) is 0 Å². The molecule has 0 unspecified atom stereocenters. The number of carbonyl (C=O) groups is 1. The van der Waals surface area contributed by atoms with Gasteiger partial charge in [0, 0.05) is 10.6 Å². The van der Waals surface area contributed by atoms with Crippen LogP contribution >= 0.6 is 38.9 Å². The molecule has 20 heavy (non-hydrogen) atoms. The van der Waals surface area contributed by atoms with Crippen molar-refractivity contribution in [2.24, 2.45) is 10.9 Å². The Bertz CT molecular complexity index is 687. The summed E-state index contributed by atoms with van der Waals surface area (Å²) < 4.78 is 0.852. The summed E-state index contributed by atoms with van der Waals surface area (Å²) in [5.41, 5.74) is 6.33. The van der Waals surface area contributed by atoms with Gasteiger partial charge < -0.3 is 16.3 Å². The van der Waals surface area contributed by atoms with Crippen LogP contribution in [0.1, 0.15) is 15.2 Å². The SMILES string of the molecule is NC(=NO)c1ccc(Cl)cc1NC(=O)c1ccc(Br)s1. The van der Waals surface area contributed by atoms with E-state index in [-0.39, 0.29) is 11.7 Å². The second-order valence-electron chi connectivity index (χ2n) is 3.73. The highest BCUT2D eigenvalue weighted by molar-refractivity contribution is 9.11. The highest BCUT2D eigenvalue weighted by Crippen LogP contribution is 2.25. The van der Waals surface area contributed by atoms with Gasteiger partial charge in [-0.3, -0.25) is 4.79 Å². The maximum absolute atomic E-state index is 12.1. The summed E-state index contributed by atoms with van der Waals surface area (Å²) in [5.74, 6) is -0.403. The summed E-state index contributed by atoms with van der Waals surface area (Å²) in [6.07, 6.45) is 0. The highest BCUT2D eigenvalue weighted by atomic mass is 79.9. The minimum atomic E-state index is -0.296. The van der Waals surface area contributed by atoms with Gasteiger partial charge in [-0.05, 0) is 46.3 Å². The van der Waals surface area contributed by atoms with E-state index in [1.165, 1.54) is 17.4 Å². The van der Waals surface area contributed by atoms with Crippen LogP contribution in [-0.4, -0.2) is 17.0 Å². The van der Waals surface area contributed by atoms with Crippen molar-refractivity contribution < 1.29 is 10.0 Å². The molecular formula is C12H9BrClN3O2S. The van der Waals surface area contributed by atoms with Gasteiger partial charge in [-0.2, -0.15) is 0 Å². The van der Waals surface area contributed by atoms with Gasteiger partial charge in [0.2, 0.25) is 0 Å². The van der Waals surface area contributed by atoms with Crippen molar-refractivity contribution >= 4 is 56.3 Å². The molecule has 0 aliphatic carbocycles. The summed E-state index contributed by atoms with van der Waals surface area (Å²) >= 11 is 10.5. The van der Waals surface area contributed by atoms with Crippen LogP contribution in [0.5, 0.6) is 0 Å². The molecule has 1 amide bonds. The third kappa shape index (κ3) is 3.30. The average Bonchev–Trinajstić information content (AvgIpc) is 2.85. The van der Waals surface area contributed by atoms with E-state index in [2.05, 4.69) is 26.4 Å². The highest BCUT2D eigenvalue weighted by Gasteiger charge is 2.13. The Morgan fingerprint density at radius 2 is 2.15 bits per heavy atom. The molecule has 2 rings (SSSR count). The summed E-state index contributed by atoms with van der Waals surface area (Å²) in [5, 5.41) is 14.8. The van der Waals surface area contributed by atoms with Gasteiger partial charge in [-0.25, -0.2) is 0 Å². The van der Waals surface area contributed by atoms with E-state index >= 15 is 0 Å². The third-order valence-electron chi connectivity index (χ3n) is 2.41. The van der Waals surface area contributed by atoms with Crippen molar-refractivity contribution in [1.82, 2.24) is 0 Å². The second kappa shape index (κ2) is 6.25. The number of oxime groups is 1. The fourth-order valence-corrected chi connectivity index (χ4v) is 2.97. The molecule has 1 aromatic carbocycles. The van der Waals surface area contributed by atoms with Crippen molar-refractivity contribution in [1.29, 1.82) is 0 Å². The molecule has 1 heterocycles. The normalized spacial score (nSPS) is 11.4. The van der Waals surface area contributed by atoms with Crippen molar-refractivity contribution in [3.63, 3.8) is 0 Å². The molecule has 2 aromatic rings. The Hall–Kier alpha value is -1.57. The molecule has 0 bridgehead atoms. The van der Waals surface area contributed by atoms with Gasteiger partial charge >= 0.3 is 0 Å². The molecule has 5 nitrogen and oxygen atoms in total. The number of benzene rings is 1. The van der Waals surface area contributed by atoms with E-state index in [9.17, 15) is 4.79 Å². The Morgan fingerprint density at radius 1 is 1.40 bits per heavy atom. The number of hydrogen-bond donors (Lipinski definition) is 3. The first kappa shape index (κ1) is 14.8. The number of carbonyl (C=O) groups excluding carboxylic acids is 1. The number of nitrogens with two attached hydrogens (primary N) is 1. The van der Waals surface area contributed by atoms with Crippen LogP contribution in [0, 0.1) is 0 Å². The molecular weight excluding hydrogens is 366 g/mol. The minimum absolute atomic E-state index is 0.107. The summed E-state index contributed by atoms with van der Waals surface area (Å²) in [6, 6.07) is 8.17. The van der Waals surface area contributed by atoms with E-state index in [1.807, 2.05) is 0 Å². The number of halogens is 2. The summed E-state index contributed by atoms with van der Waals surface area (Å²) in [4.78, 5) is 12.6. The van der Waals surface area contributed by atoms with E-state index < -0.39 is 0 Å². The van der Waals surface area contributed by atoms with Gasteiger partial charge in [0.25, 0.3) is 5.91 Å². The molecule has 8 heteroatoms. The molecule has 0 saturated heterocycles. The van der Waals surface area contributed by atoms with Gasteiger partial charge in [-0.15, -0.1) is 11.3 Å². The Kier molecular flexibility index (Phi) is 4.64. The molecule has 0 spiro atoms. The van der Waals surface area contributed by atoms with Gasteiger partial charge in [-0.1, -0.05) is 16.8 Å². The number of thiophene rings is 1. The lowest BCUT2D eigenvalue weighted by molar-refractivity contribution is 0.103. The zero-order chi connectivity index (χ0) is 14.7. The maximum atomic E-state index is 12.1. The molecule has 0 aliphatic heterocycles. The van der Waals surface area contributed by atoms with Crippen LogP contribution in [-0.2, 0) is 0 Å². The minimum Gasteiger partial charge on any atom is -0.409 e. The van der Waals surface area contributed by atoms with E-state index in [0.717, 1.165) is 3.79 Å². The predicted octanol–water partition coefficient (Wildman–Crippen LogP) is 3.51. The number of hydrogen-bond acceptors (Lipinski definition) is 4. The first-order chi connectivity index (χ1) is 9.51. The Labute approximate surface area is 132 Å².